The summed E-state index contributed by atoms with van der Waals surface area (Å²) in [6.07, 6.45) is 8.35. The minimum absolute atomic E-state index is 0.0812. The third kappa shape index (κ3) is 5.06. The molecule has 2 N–H and O–H groups in total. The molecule has 2 unspecified atom stereocenters. The molecule has 0 aromatic carbocycles. The second kappa shape index (κ2) is 8.41. The minimum Gasteiger partial charge on any atom is -0.444 e. The number of hydrogen-bond donors (Lipinski definition) is 2. The molecule has 7 nitrogen and oxygen atoms in total. The third-order valence-corrected chi connectivity index (χ3v) is 5.92. The summed E-state index contributed by atoms with van der Waals surface area (Å²) < 4.78 is 11.8. The summed E-state index contributed by atoms with van der Waals surface area (Å²) in [4.78, 5) is 26.8. The Kier molecular flexibility index (Phi) is 6.34. The molecule has 158 valence electrons. The first-order valence-corrected chi connectivity index (χ1v) is 10.5. The van der Waals surface area contributed by atoms with Gasteiger partial charge in [0.15, 0.2) is 0 Å². The Morgan fingerprint density at radius 2 is 2.04 bits per heavy atom. The highest BCUT2D eigenvalue weighted by Gasteiger charge is 2.48. The van der Waals surface area contributed by atoms with Gasteiger partial charge in [0.05, 0.1) is 30.4 Å². The maximum Gasteiger partial charge on any atom is 0.410 e. The number of rotatable bonds is 3. The van der Waals surface area contributed by atoms with Crippen molar-refractivity contribution in [2.24, 2.45) is 0 Å². The van der Waals surface area contributed by atoms with Crippen LogP contribution in [0.15, 0.2) is 12.2 Å². The van der Waals surface area contributed by atoms with Crippen LogP contribution in [-0.4, -0.2) is 64.5 Å². The van der Waals surface area contributed by atoms with Crippen molar-refractivity contribution < 1.29 is 24.2 Å². The second-order valence-electron chi connectivity index (χ2n) is 9.31. The average Bonchev–Trinajstić information content (AvgIpc) is 2.60. The number of aliphatic hydroxyl groups is 1. The van der Waals surface area contributed by atoms with Gasteiger partial charge >= 0.3 is 6.09 Å². The van der Waals surface area contributed by atoms with Crippen molar-refractivity contribution in [3.05, 3.63) is 12.2 Å². The van der Waals surface area contributed by atoms with E-state index in [9.17, 15) is 14.7 Å². The summed E-state index contributed by atoms with van der Waals surface area (Å²) in [5.41, 5.74) is -1.10. The summed E-state index contributed by atoms with van der Waals surface area (Å²) in [7, 11) is 0. The molecule has 1 aliphatic carbocycles. The molecule has 2 aliphatic heterocycles. The Labute approximate surface area is 167 Å². The van der Waals surface area contributed by atoms with Crippen molar-refractivity contribution in [1.29, 1.82) is 0 Å². The summed E-state index contributed by atoms with van der Waals surface area (Å²) in [6.45, 7) is 6.51. The smallest absolute Gasteiger partial charge is 0.410 e. The number of nitrogens with one attached hydrogen (secondary N) is 1. The van der Waals surface area contributed by atoms with Crippen LogP contribution in [0.4, 0.5) is 4.79 Å². The summed E-state index contributed by atoms with van der Waals surface area (Å²) in [6, 6.07) is -0.281. The molecule has 0 radical (unpaired) electrons. The molecule has 0 aromatic heterocycles. The van der Waals surface area contributed by atoms with Gasteiger partial charge in [-0.2, -0.15) is 0 Å². The zero-order valence-electron chi connectivity index (χ0n) is 17.3. The molecular formula is C21H34N2O5. The van der Waals surface area contributed by atoms with E-state index in [4.69, 9.17) is 9.47 Å². The lowest BCUT2D eigenvalue weighted by molar-refractivity contribution is -0.122. The zero-order chi connectivity index (χ0) is 20.4. The van der Waals surface area contributed by atoms with Gasteiger partial charge in [-0.25, -0.2) is 4.79 Å². The van der Waals surface area contributed by atoms with Gasteiger partial charge in [0.25, 0.3) is 0 Å². The van der Waals surface area contributed by atoms with Crippen LogP contribution < -0.4 is 5.32 Å². The number of carbonyl (C=O) groups is 2. The van der Waals surface area contributed by atoms with E-state index in [1.165, 1.54) is 0 Å². The fraction of sp³-hybridized carbons (Fsp3) is 0.810. The highest BCUT2D eigenvalue weighted by atomic mass is 16.6. The van der Waals surface area contributed by atoms with Crippen LogP contribution in [0.1, 0.15) is 65.7 Å². The Bertz CT molecular complexity index is 606. The fourth-order valence-electron chi connectivity index (χ4n) is 4.51. The lowest BCUT2D eigenvalue weighted by Gasteiger charge is -2.51. The number of aliphatic hydroxyl groups excluding tert-OH is 1. The minimum atomic E-state index is -0.581. The SMILES string of the molecule is CC(C)(C)OC(=O)N1CCCC2(CC=CC(=O)N2)C1COC1CCC(O)CC1. The Balaban J connectivity index is 1.76. The molecule has 2 fully saturated rings. The summed E-state index contributed by atoms with van der Waals surface area (Å²) in [5, 5.41) is 12.8. The van der Waals surface area contributed by atoms with Crippen LogP contribution in [-0.2, 0) is 14.3 Å². The van der Waals surface area contributed by atoms with Crippen LogP contribution in [0, 0.1) is 0 Å². The Hall–Kier alpha value is -1.60. The van der Waals surface area contributed by atoms with Crippen molar-refractivity contribution in [3.8, 4) is 0 Å². The molecule has 3 aliphatic rings. The van der Waals surface area contributed by atoms with E-state index < -0.39 is 11.1 Å². The molecule has 2 heterocycles. The van der Waals surface area contributed by atoms with Gasteiger partial charge in [-0.05, 0) is 71.8 Å². The molecule has 3 rings (SSSR count). The Morgan fingerprint density at radius 3 is 2.68 bits per heavy atom. The molecule has 0 aromatic rings. The van der Waals surface area contributed by atoms with E-state index in [-0.39, 0.29) is 30.3 Å². The number of amides is 2. The fourth-order valence-corrected chi connectivity index (χ4v) is 4.51. The first-order chi connectivity index (χ1) is 13.2. The molecular weight excluding hydrogens is 360 g/mol. The van der Waals surface area contributed by atoms with Gasteiger partial charge < -0.3 is 24.8 Å². The average molecular weight is 395 g/mol. The molecule has 1 spiro atoms. The van der Waals surface area contributed by atoms with Crippen LogP contribution in [0.2, 0.25) is 0 Å². The van der Waals surface area contributed by atoms with E-state index in [1.807, 2.05) is 26.8 Å². The van der Waals surface area contributed by atoms with E-state index >= 15 is 0 Å². The number of likely N-dealkylation sites (tertiary alicyclic amines) is 1. The van der Waals surface area contributed by atoms with E-state index in [1.54, 1.807) is 11.0 Å². The zero-order valence-corrected chi connectivity index (χ0v) is 17.3. The van der Waals surface area contributed by atoms with Gasteiger partial charge in [-0.15, -0.1) is 0 Å². The number of ether oxygens (including phenoxy) is 2. The quantitative estimate of drug-likeness (QED) is 0.768. The van der Waals surface area contributed by atoms with Gasteiger partial charge in [0, 0.05) is 6.54 Å². The highest BCUT2D eigenvalue weighted by molar-refractivity contribution is 5.89. The largest absolute Gasteiger partial charge is 0.444 e. The van der Waals surface area contributed by atoms with Crippen molar-refractivity contribution in [2.75, 3.05) is 13.2 Å². The maximum atomic E-state index is 12.9. The highest BCUT2D eigenvalue weighted by Crippen LogP contribution is 2.35. The number of nitrogens with zero attached hydrogens (tertiary/aromatic N) is 1. The first-order valence-electron chi connectivity index (χ1n) is 10.5. The molecule has 1 saturated carbocycles. The molecule has 1 saturated heterocycles. The lowest BCUT2D eigenvalue weighted by atomic mass is 9.77. The van der Waals surface area contributed by atoms with E-state index in [0.29, 0.717) is 19.6 Å². The summed E-state index contributed by atoms with van der Waals surface area (Å²) in [5.74, 6) is -0.122. The molecule has 0 bridgehead atoms. The van der Waals surface area contributed by atoms with Crippen molar-refractivity contribution >= 4 is 12.0 Å². The van der Waals surface area contributed by atoms with Crippen LogP contribution >= 0.6 is 0 Å². The van der Waals surface area contributed by atoms with Gasteiger partial charge in [0.1, 0.15) is 5.60 Å². The van der Waals surface area contributed by atoms with Crippen LogP contribution in [0.5, 0.6) is 0 Å². The predicted molar refractivity (Wildman–Crippen MR) is 105 cm³/mol. The third-order valence-electron chi connectivity index (χ3n) is 5.92. The molecule has 2 atom stereocenters. The normalized spacial score (nSPS) is 33.6. The van der Waals surface area contributed by atoms with Crippen molar-refractivity contribution in [2.45, 2.75) is 95.1 Å². The predicted octanol–water partition coefficient (Wildman–Crippen LogP) is 2.52. The molecule has 2 amide bonds. The monoisotopic (exact) mass is 394 g/mol. The molecule has 28 heavy (non-hydrogen) atoms. The van der Waals surface area contributed by atoms with E-state index in [2.05, 4.69) is 5.32 Å². The van der Waals surface area contributed by atoms with Crippen molar-refractivity contribution in [3.63, 3.8) is 0 Å². The number of carbonyl (C=O) groups excluding carboxylic acids is 2. The maximum absolute atomic E-state index is 12.9. The first kappa shape index (κ1) is 21.1. The topological polar surface area (TPSA) is 88.1 Å². The van der Waals surface area contributed by atoms with Crippen LogP contribution in [0.3, 0.4) is 0 Å². The van der Waals surface area contributed by atoms with Gasteiger partial charge in [-0.1, -0.05) is 6.08 Å². The van der Waals surface area contributed by atoms with E-state index in [0.717, 1.165) is 38.5 Å². The van der Waals surface area contributed by atoms with Crippen molar-refractivity contribution in [1.82, 2.24) is 10.2 Å². The van der Waals surface area contributed by atoms with Gasteiger partial charge in [-0.3, -0.25) is 4.79 Å². The Morgan fingerprint density at radius 1 is 1.32 bits per heavy atom. The molecule has 7 heteroatoms. The van der Waals surface area contributed by atoms with Gasteiger partial charge in [0.2, 0.25) is 5.91 Å². The second-order valence-corrected chi connectivity index (χ2v) is 9.31. The number of hydrogen-bond acceptors (Lipinski definition) is 5. The van der Waals surface area contributed by atoms with Crippen LogP contribution in [0.25, 0.3) is 0 Å². The summed E-state index contributed by atoms with van der Waals surface area (Å²) >= 11 is 0. The number of piperidine rings is 1. The standard InChI is InChI=1S/C21H34N2O5/c1-20(2,3)28-19(26)23-13-5-12-21(11-4-6-18(25)22-21)17(23)14-27-16-9-7-15(24)8-10-16/h4,6,15-17,24H,5,7-14H2,1-3H3,(H,22,25). The lowest BCUT2D eigenvalue weighted by Crippen LogP contribution is -2.68.